The van der Waals surface area contributed by atoms with E-state index < -0.39 is 12.1 Å². The second-order valence-electron chi connectivity index (χ2n) is 6.41. The highest BCUT2D eigenvalue weighted by molar-refractivity contribution is 5.78. The van der Waals surface area contributed by atoms with E-state index in [1.807, 2.05) is 30.3 Å². The Hall–Kier alpha value is -2.67. The molecule has 1 aromatic carbocycles. The Kier molecular flexibility index (Phi) is 5.68. The molecule has 2 atom stereocenters. The summed E-state index contributed by atoms with van der Waals surface area (Å²) in [6.45, 7) is 2.28. The number of aliphatic carboxylic acids is 1. The fraction of sp³-hybridized carbons (Fsp3) is 0.421. The number of aromatic nitrogens is 1. The van der Waals surface area contributed by atoms with Gasteiger partial charge in [0.15, 0.2) is 17.8 Å². The molecule has 0 bridgehead atoms. The van der Waals surface area contributed by atoms with Crippen LogP contribution in [0.1, 0.15) is 25.7 Å². The van der Waals surface area contributed by atoms with Gasteiger partial charge < -0.3 is 19.2 Å². The number of carboxylic acid groups (broad SMARTS) is 1. The first kappa shape index (κ1) is 18.1. The number of hydrogen-bond acceptors (Lipinski definition) is 5. The molecule has 0 saturated carbocycles. The molecule has 0 spiro atoms. The fourth-order valence-electron chi connectivity index (χ4n) is 3.00. The monoisotopic (exact) mass is 358 g/mol. The van der Waals surface area contributed by atoms with Gasteiger partial charge in [0, 0.05) is 24.9 Å². The van der Waals surface area contributed by atoms with Gasteiger partial charge in [-0.1, -0.05) is 30.3 Å². The predicted octanol–water partition coefficient (Wildman–Crippen LogP) is 2.36. The van der Waals surface area contributed by atoms with Crippen LogP contribution in [0.3, 0.4) is 0 Å². The zero-order chi connectivity index (χ0) is 18.5. The lowest BCUT2D eigenvalue weighted by molar-refractivity contribution is -0.166. The van der Waals surface area contributed by atoms with Crippen molar-refractivity contribution in [1.82, 2.24) is 9.88 Å². The van der Waals surface area contributed by atoms with Crippen LogP contribution in [0.25, 0.3) is 11.3 Å². The average Bonchev–Trinajstić information content (AvgIpc) is 3.10. The third-order valence-electron chi connectivity index (χ3n) is 4.28. The Morgan fingerprint density at radius 1 is 1.27 bits per heavy atom. The summed E-state index contributed by atoms with van der Waals surface area (Å²) in [6, 6.07) is 9.71. The molecule has 2 heterocycles. The van der Waals surface area contributed by atoms with Crippen LogP contribution in [-0.2, 0) is 20.7 Å². The Labute approximate surface area is 151 Å². The maximum Gasteiger partial charge on any atom is 0.334 e. The van der Waals surface area contributed by atoms with Gasteiger partial charge in [-0.05, 0) is 13.3 Å². The van der Waals surface area contributed by atoms with Crippen LogP contribution in [0.5, 0.6) is 0 Å². The van der Waals surface area contributed by atoms with Crippen LogP contribution in [0.2, 0.25) is 0 Å². The number of hydrogen-bond donors (Lipinski definition) is 1. The average molecular weight is 358 g/mol. The molecule has 1 aromatic heterocycles. The van der Waals surface area contributed by atoms with Crippen molar-refractivity contribution < 1.29 is 23.8 Å². The smallest absolute Gasteiger partial charge is 0.334 e. The Bertz CT molecular complexity index is 758. The topological polar surface area (TPSA) is 92.9 Å². The summed E-state index contributed by atoms with van der Waals surface area (Å²) in [4.78, 5) is 29.3. The third kappa shape index (κ3) is 4.49. The molecule has 1 aliphatic rings. The van der Waals surface area contributed by atoms with Gasteiger partial charge in [-0.2, -0.15) is 0 Å². The zero-order valence-electron chi connectivity index (χ0n) is 14.6. The Morgan fingerprint density at radius 3 is 2.77 bits per heavy atom. The minimum atomic E-state index is -1.04. The van der Waals surface area contributed by atoms with Crippen LogP contribution in [0, 0.1) is 0 Å². The number of amides is 1. The summed E-state index contributed by atoms with van der Waals surface area (Å²) >= 11 is 0. The molecule has 3 rings (SSSR count). The number of carboxylic acids is 1. The van der Waals surface area contributed by atoms with Crippen LogP contribution in [0.4, 0.5) is 0 Å². The molecule has 1 N–H and O–H groups in total. The number of ether oxygens (including phenoxy) is 1. The zero-order valence-corrected chi connectivity index (χ0v) is 14.6. The number of nitrogens with zero attached hydrogens (tertiary/aromatic N) is 2. The van der Waals surface area contributed by atoms with Crippen molar-refractivity contribution in [2.75, 3.05) is 13.1 Å². The molecule has 1 saturated heterocycles. The molecular weight excluding hydrogens is 336 g/mol. The first-order chi connectivity index (χ1) is 12.5. The van der Waals surface area contributed by atoms with E-state index in [2.05, 4.69) is 4.98 Å². The number of carbonyl (C=O) groups is 2. The highest BCUT2D eigenvalue weighted by Gasteiger charge is 2.32. The number of morpholine rings is 1. The summed E-state index contributed by atoms with van der Waals surface area (Å²) in [5, 5.41) is 9.09. The highest BCUT2D eigenvalue weighted by Crippen LogP contribution is 2.21. The van der Waals surface area contributed by atoms with E-state index in [4.69, 9.17) is 14.3 Å². The first-order valence-corrected chi connectivity index (χ1v) is 8.69. The molecule has 7 heteroatoms. The molecule has 138 valence electrons. The van der Waals surface area contributed by atoms with Gasteiger partial charge in [-0.25, -0.2) is 9.78 Å². The second kappa shape index (κ2) is 8.14. The molecule has 26 heavy (non-hydrogen) atoms. The third-order valence-corrected chi connectivity index (χ3v) is 4.28. The van der Waals surface area contributed by atoms with Crippen LogP contribution in [0.15, 0.2) is 40.9 Å². The molecule has 1 aliphatic heterocycles. The van der Waals surface area contributed by atoms with Crippen molar-refractivity contribution in [2.24, 2.45) is 0 Å². The van der Waals surface area contributed by atoms with E-state index in [1.54, 1.807) is 18.0 Å². The van der Waals surface area contributed by atoms with Crippen molar-refractivity contribution in [3.63, 3.8) is 0 Å². The summed E-state index contributed by atoms with van der Waals surface area (Å²) < 4.78 is 11.1. The van der Waals surface area contributed by atoms with Gasteiger partial charge >= 0.3 is 5.97 Å². The molecule has 0 radical (unpaired) electrons. The van der Waals surface area contributed by atoms with Crippen LogP contribution >= 0.6 is 0 Å². The Morgan fingerprint density at radius 2 is 2.04 bits per heavy atom. The fourth-order valence-corrected chi connectivity index (χ4v) is 3.00. The summed E-state index contributed by atoms with van der Waals surface area (Å²) in [7, 11) is 0. The lowest BCUT2D eigenvalue weighted by atomic mass is 10.1. The maximum atomic E-state index is 12.4. The van der Waals surface area contributed by atoms with Crippen molar-refractivity contribution in [1.29, 1.82) is 0 Å². The van der Waals surface area contributed by atoms with Crippen LogP contribution in [-0.4, -0.2) is 52.2 Å². The number of carbonyl (C=O) groups excluding carboxylic acids is 1. The molecule has 1 unspecified atom stereocenters. The standard InChI is InChI=1S/C19H22N2O5/c1-13-11-21(12-16(25-13)19(23)24)18(22)9-5-8-17-20-10-15(26-17)14-6-3-2-4-7-14/h2-4,6-7,10,13,16H,5,8-9,11-12H2,1H3,(H,23,24)/t13-,16?/m1/s1. The minimum absolute atomic E-state index is 0.0683. The number of benzene rings is 1. The summed E-state index contributed by atoms with van der Waals surface area (Å²) in [5.41, 5.74) is 0.962. The van der Waals surface area contributed by atoms with E-state index in [-0.39, 0.29) is 18.6 Å². The number of rotatable bonds is 6. The van der Waals surface area contributed by atoms with Crippen molar-refractivity contribution >= 4 is 11.9 Å². The van der Waals surface area contributed by atoms with Gasteiger partial charge in [0.2, 0.25) is 5.91 Å². The van der Waals surface area contributed by atoms with Gasteiger partial charge in [-0.3, -0.25) is 4.79 Å². The van der Waals surface area contributed by atoms with Crippen molar-refractivity contribution in [3.8, 4) is 11.3 Å². The van der Waals surface area contributed by atoms with Gasteiger partial charge in [0.05, 0.1) is 18.8 Å². The molecule has 2 aromatic rings. The van der Waals surface area contributed by atoms with Crippen molar-refractivity contribution in [3.05, 3.63) is 42.4 Å². The normalized spacial score (nSPS) is 20.1. The van der Waals surface area contributed by atoms with E-state index in [0.717, 1.165) is 5.56 Å². The lowest BCUT2D eigenvalue weighted by Gasteiger charge is -2.35. The van der Waals surface area contributed by atoms with Crippen molar-refractivity contribution in [2.45, 2.75) is 38.4 Å². The lowest BCUT2D eigenvalue weighted by Crippen LogP contribution is -2.51. The maximum absolute atomic E-state index is 12.4. The highest BCUT2D eigenvalue weighted by atomic mass is 16.5. The molecule has 1 fully saturated rings. The Balaban J connectivity index is 1.49. The summed E-state index contributed by atoms with van der Waals surface area (Å²) in [6.07, 6.45) is 1.92. The SMILES string of the molecule is C[C@@H]1CN(C(=O)CCCc2ncc(-c3ccccc3)o2)CC(C(=O)O)O1. The first-order valence-electron chi connectivity index (χ1n) is 8.69. The van der Waals surface area contributed by atoms with Gasteiger partial charge in [0.1, 0.15) is 0 Å². The van der Waals surface area contributed by atoms with Gasteiger partial charge in [0.25, 0.3) is 0 Å². The molecular formula is C19H22N2O5. The van der Waals surface area contributed by atoms with E-state index >= 15 is 0 Å². The van der Waals surface area contributed by atoms with E-state index in [0.29, 0.717) is 37.5 Å². The number of oxazole rings is 1. The largest absolute Gasteiger partial charge is 0.479 e. The molecule has 7 nitrogen and oxygen atoms in total. The van der Waals surface area contributed by atoms with Gasteiger partial charge in [-0.15, -0.1) is 0 Å². The number of aryl methyl sites for hydroxylation is 1. The van der Waals surface area contributed by atoms with E-state index in [9.17, 15) is 9.59 Å². The van der Waals surface area contributed by atoms with E-state index in [1.165, 1.54) is 0 Å². The quantitative estimate of drug-likeness (QED) is 0.852. The minimum Gasteiger partial charge on any atom is -0.479 e. The second-order valence-corrected chi connectivity index (χ2v) is 6.41. The van der Waals surface area contributed by atoms with Crippen LogP contribution < -0.4 is 0 Å². The molecule has 1 amide bonds. The predicted molar refractivity (Wildman–Crippen MR) is 93.4 cm³/mol. The molecule has 0 aliphatic carbocycles. The summed E-state index contributed by atoms with van der Waals surface area (Å²) in [5.74, 6) is 0.192.